The van der Waals surface area contributed by atoms with Crippen molar-refractivity contribution in [2.24, 2.45) is 5.73 Å². The molecule has 0 aliphatic carbocycles. The number of aromatic amines is 1. The van der Waals surface area contributed by atoms with Crippen molar-refractivity contribution in [2.45, 2.75) is 0 Å². The molecule has 0 radical (unpaired) electrons. The SMILES string of the molecule is COc1cccc2c(C(N)=O)c[nH]c12. The molecule has 0 bridgehead atoms. The average molecular weight is 190 g/mol. The Kier molecular flexibility index (Phi) is 1.89. The molecule has 0 atom stereocenters. The summed E-state index contributed by atoms with van der Waals surface area (Å²) < 4.78 is 5.14. The van der Waals surface area contributed by atoms with Gasteiger partial charge in [-0.1, -0.05) is 12.1 Å². The number of hydrogen-bond donors (Lipinski definition) is 2. The fraction of sp³-hybridized carbons (Fsp3) is 0.100. The quantitative estimate of drug-likeness (QED) is 0.748. The number of methoxy groups -OCH3 is 1. The van der Waals surface area contributed by atoms with Crippen LogP contribution < -0.4 is 10.5 Å². The number of primary amides is 1. The van der Waals surface area contributed by atoms with Gasteiger partial charge >= 0.3 is 0 Å². The summed E-state index contributed by atoms with van der Waals surface area (Å²) in [5.41, 5.74) is 6.50. The van der Waals surface area contributed by atoms with E-state index in [0.29, 0.717) is 11.3 Å². The molecule has 0 spiro atoms. The number of hydrogen-bond acceptors (Lipinski definition) is 2. The van der Waals surface area contributed by atoms with E-state index in [4.69, 9.17) is 10.5 Å². The van der Waals surface area contributed by atoms with Gasteiger partial charge in [0, 0.05) is 11.6 Å². The smallest absolute Gasteiger partial charge is 0.250 e. The van der Waals surface area contributed by atoms with Crippen molar-refractivity contribution < 1.29 is 9.53 Å². The van der Waals surface area contributed by atoms with Crippen molar-refractivity contribution in [3.05, 3.63) is 30.0 Å². The molecule has 0 aliphatic rings. The molecule has 1 aromatic heterocycles. The normalized spacial score (nSPS) is 10.4. The number of amides is 1. The van der Waals surface area contributed by atoms with Gasteiger partial charge in [0.15, 0.2) is 0 Å². The first-order valence-corrected chi connectivity index (χ1v) is 4.18. The lowest BCUT2D eigenvalue weighted by Crippen LogP contribution is -2.09. The van der Waals surface area contributed by atoms with Crippen LogP contribution in [0.2, 0.25) is 0 Å². The zero-order chi connectivity index (χ0) is 10.1. The largest absolute Gasteiger partial charge is 0.495 e. The Hall–Kier alpha value is -1.97. The molecule has 0 unspecified atom stereocenters. The standard InChI is InChI=1S/C10H10N2O2/c1-14-8-4-2-3-6-7(10(11)13)5-12-9(6)8/h2-5,12H,1H3,(H2,11,13). The fourth-order valence-electron chi connectivity index (χ4n) is 1.50. The number of nitrogens with one attached hydrogen (secondary N) is 1. The summed E-state index contributed by atoms with van der Waals surface area (Å²) in [7, 11) is 1.58. The van der Waals surface area contributed by atoms with E-state index in [9.17, 15) is 4.79 Å². The molecule has 72 valence electrons. The molecular formula is C10H10N2O2. The van der Waals surface area contributed by atoms with Gasteiger partial charge in [0.2, 0.25) is 0 Å². The molecule has 14 heavy (non-hydrogen) atoms. The summed E-state index contributed by atoms with van der Waals surface area (Å²) >= 11 is 0. The van der Waals surface area contributed by atoms with Gasteiger partial charge in [-0.15, -0.1) is 0 Å². The van der Waals surface area contributed by atoms with Gasteiger partial charge in [0.05, 0.1) is 18.2 Å². The summed E-state index contributed by atoms with van der Waals surface area (Å²) in [6.07, 6.45) is 1.59. The van der Waals surface area contributed by atoms with Gasteiger partial charge in [-0.25, -0.2) is 0 Å². The van der Waals surface area contributed by atoms with Crippen molar-refractivity contribution in [3.8, 4) is 5.75 Å². The number of para-hydroxylation sites is 1. The first-order valence-electron chi connectivity index (χ1n) is 4.18. The average Bonchev–Trinajstić information content (AvgIpc) is 2.60. The highest BCUT2D eigenvalue weighted by Crippen LogP contribution is 2.26. The van der Waals surface area contributed by atoms with Gasteiger partial charge in [0.1, 0.15) is 5.75 Å². The van der Waals surface area contributed by atoms with E-state index < -0.39 is 5.91 Å². The van der Waals surface area contributed by atoms with Crippen molar-refractivity contribution in [1.29, 1.82) is 0 Å². The third-order valence-electron chi connectivity index (χ3n) is 2.16. The monoisotopic (exact) mass is 190 g/mol. The topological polar surface area (TPSA) is 68.1 Å². The van der Waals surface area contributed by atoms with Crippen LogP contribution in [0.25, 0.3) is 10.9 Å². The third-order valence-corrected chi connectivity index (χ3v) is 2.16. The number of carbonyl (C=O) groups excluding carboxylic acids is 1. The maximum absolute atomic E-state index is 11.0. The highest BCUT2D eigenvalue weighted by atomic mass is 16.5. The molecule has 0 aliphatic heterocycles. The lowest BCUT2D eigenvalue weighted by atomic mass is 10.1. The lowest BCUT2D eigenvalue weighted by molar-refractivity contribution is 0.100. The van der Waals surface area contributed by atoms with Crippen LogP contribution in [-0.4, -0.2) is 18.0 Å². The van der Waals surface area contributed by atoms with E-state index >= 15 is 0 Å². The minimum Gasteiger partial charge on any atom is -0.495 e. The molecule has 0 saturated heterocycles. The van der Waals surface area contributed by atoms with Gasteiger partial charge in [-0.2, -0.15) is 0 Å². The van der Waals surface area contributed by atoms with Crippen LogP contribution >= 0.6 is 0 Å². The van der Waals surface area contributed by atoms with Crippen molar-refractivity contribution in [1.82, 2.24) is 4.98 Å². The summed E-state index contributed by atoms with van der Waals surface area (Å²) in [6, 6.07) is 5.47. The highest BCUT2D eigenvalue weighted by molar-refractivity contribution is 6.07. The summed E-state index contributed by atoms with van der Waals surface area (Å²) in [5.74, 6) is 0.263. The Morgan fingerprint density at radius 3 is 2.93 bits per heavy atom. The van der Waals surface area contributed by atoms with Crippen LogP contribution in [0, 0.1) is 0 Å². The molecule has 3 N–H and O–H groups in total. The predicted octanol–water partition coefficient (Wildman–Crippen LogP) is 1.28. The summed E-state index contributed by atoms with van der Waals surface area (Å²) in [6.45, 7) is 0. The number of aromatic nitrogens is 1. The van der Waals surface area contributed by atoms with Crippen LogP contribution in [0.4, 0.5) is 0 Å². The maximum atomic E-state index is 11.0. The lowest BCUT2D eigenvalue weighted by Gasteiger charge is -2.00. The van der Waals surface area contributed by atoms with E-state index in [1.807, 2.05) is 18.2 Å². The van der Waals surface area contributed by atoms with Gasteiger partial charge in [-0.3, -0.25) is 4.79 Å². The minimum atomic E-state index is -0.440. The van der Waals surface area contributed by atoms with Crippen LogP contribution in [-0.2, 0) is 0 Å². The van der Waals surface area contributed by atoms with E-state index in [0.717, 1.165) is 10.9 Å². The second-order valence-electron chi connectivity index (χ2n) is 2.95. The van der Waals surface area contributed by atoms with E-state index in [1.54, 1.807) is 13.3 Å². The van der Waals surface area contributed by atoms with E-state index in [2.05, 4.69) is 4.98 Å². The van der Waals surface area contributed by atoms with Crippen LogP contribution in [0.15, 0.2) is 24.4 Å². The Balaban J connectivity index is 2.75. The molecule has 4 heteroatoms. The molecular weight excluding hydrogens is 180 g/mol. The second-order valence-corrected chi connectivity index (χ2v) is 2.95. The zero-order valence-corrected chi connectivity index (χ0v) is 7.70. The summed E-state index contributed by atoms with van der Waals surface area (Å²) in [5, 5.41) is 0.789. The van der Waals surface area contributed by atoms with Gasteiger partial charge < -0.3 is 15.5 Å². The molecule has 2 aromatic rings. The van der Waals surface area contributed by atoms with Crippen LogP contribution in [0.5, 0.6) is 5.75 Å². The molecule has 0 fully saturated rings. The molecule has 1 amide bonds. The molecule has 4 nitrogen and oxygen atoms in total. The predicted molar refractivity (Wildman–Crippen MR) is 53.4 cm³/mol. The Labute approximate surface area is 80.7 Å². The Morgan fingerprint density at radius 1 is 1.50 bits per heavy atom. The number of H-pyrrole nitrogens is 1. The third kappa shape index (κ3) is 1.12. The van der Waals surface area contributed by atoms with Crippen LogP contribution in [0.3, 0.4) is 0 Å². The van der Waals surface area contributed by atoms with E-state index in [1.165, 1.54) is 0 Å². The molecule has 2 rings (SSSR count). The van der Waals surface area contributed by atoms with Crippen LogP contribution in [0.1, 0.15) is 10.4 Å². The van der Waals surface area contributed by atoms with Crippen molar-refractivity contribution in [2.75, 3.05) is 7.11 Å². The molecule has 1 heterocycles. The first-order chi connectivity index (χ1) is 6.74. The molecule has 0 saturated carbocycles. The molecule has 1 aromatic carbocycles. The number of rotatable bonds is 2. The van der Waals surface area contributed by atoms with Crippen molar-refractivity contribution >= 4 is 16.8 Å². The van der Waals surface area contributed by atoms with Gasteiger partial charge in [-0.05, 0) is 6.07 Å². The fourth-order valence-corrected chi connectivity index (χ4v) is 1.50. The second kappa shape index (κ2) is 3.06. The highest BCUT2D eigenvalue weighted by Gasteiger charge is 2.10. The zero-order valence-electron chi connectivity index (χ0n) is 7.70. The Bertz CT molecular complexity index is 488. The number of carbonyl (C=O) groups is 1. The number of ether oxygens (including phenoxy) is 1. The first kappa shape index (κ1) is 8.62. The van der Waals surface area contributed by atoms with E-state index in [-0.39, 0.29) is 0 Å². The summed E-state index contributed by atoms with van der Waals surface area (Å²) in [4.78, 5) is 14.0. The van der Waals surface area contributed by atoms with Crippen molar-refractivity contribution in [3.63, 3.8) is 0 Å². The number of fused-ring (bicyclic) bond motifs is 1. The number of nitrogens with two attached hydrogens (primary N) is 1. The number of benzene rings is 1. The minimum absolute atomic E-state index is 0.440. The van der Waals surface area contributed by atoms with Gasteiger partial charge in [0.25, 0.3) is 5.91 Å². The Morgan fingerprint density at radius 2 is 2.29 bits per heavy atom. The maximum Gasteiger partial charge on any atom is 0.250 e.